The number of benzene rings is 3. The molecule has 1 aromatic heterocycles. The van der Waals surface area contributed by atoms with E-state index >= 15 is 0 Å². The molecule has 0 saturated carbocycles. The molecule has 8 heteroatoms. The van der Waals surface area contributed by atoms with E-state index < -0.39 is 12.1 Å². The summed E-state index contributed by atoms with van der Waals surface area (Å²) in [5.41, 5.74) is 2.76. The smallest absolute Gasteiger partial charge is 0.475 e. The molecule has 0 atom stereocenters. The lowest BCUT2D eigenvalue weighted by molar-refractivity contribution is -0.192. The summed E-state index contributed by atoms with van der Waals surface area (Å²) in [6.45, 7) is 3.18. The van der Waals surface area contributed by atoms with Crippen molar-refractivity contribution >= 4 is 43.9 Å². The fourth-order valence-corrected chi connectivity index (χ4v) is 5.07. The van der Waals surface area contributed by atoms with Crippen molar-refractivity contribution in [3.8, 4) is 0 Å². The van der Waals surface area contributed by atoms with Crippen molar-refractivity contribution in [2.45, 2.75) is 31.6 Å². The number of nitrogens with zero attached hydrogens (tertiary/aromatic N) is 1. The molecule has 5 rings (SSSR count). The third-order valence-corrected chi connectivity index (χ3v) is 6.88. The molecule has 1 aliphatic rings. The molecule has 1 saturated heterocycles. The van der Waals surface area contributed by atoms with Crippen LogP contribution in [-0.2, 0) is 11.3 Å². The van der Waals surface area contributed by atoms with Crippen LogP contribution < -0.4 is 10.2 Å². The lowest BCUT2D eigenvalue weighted by Gasteiger charge is -2.37. The second kappa shape index (κ2) is 10.4. The van der Waals surface area contributed by atoms with Gasteiger partial charge in [0.15, 0.2) is 0 Å². The average Bonchev–Trinajstić information content (AvgIpc) is 3.31. The van der Waals surface area contributed by atoms with Gasteiger partial charge in [-0.05, 0) is 77.3 Å². The number of anilines is 1. The molecular weight excluding hydrogens is 461 g/mol. The molecule has 1 fully saturated rings. The molecule has 178 valence electrons. The Morgan fingerprint density at radius 1 is 1.00 bits per heavy atom. The summed E-state index contributed by atoms with van der Waals surface area (Å²) >= 11 is 1.82. The Hall–Kier alpha value is -3.10. The van der Waals surface area contributed by atoms with Crippen molar-refractivity contribution in [1.29, 1.82) is 0 Å². The van der Waals surface area contributed by atoms with E-state index in [1.54, 1.807) is 0 Å². The second-order valence-electron chi connectivity index (χ2n) is 8.19. The number of rotatable bonds is 4. The monoisotopic (exact) mass is 486 g/mol. The van der Waals surface area contributed by atoms with Gasteiger partial charge in [0.1, 0.15) is 0 Å². The highest BCUT2D eigenvalue weighted by Crippen LogP contribution is 2.31. The summed E-state index contributed by atoms with van der Waals surface area (Å²) in [6, 6.07) is 25.2. The quantitative estimate of drug-likeness (QED) is 0.348. The van der Waals surface area contributed by atoms with Crippen molar-refractivity contribution in [3.63, 3.8) is 0 Å². The predicted molar refractivity (Wildman–Crippen MR) is 132 cm³/mol. The van der Waals surface area contributed by atoms with Gasteiger partial charge in [-0.2, -0.15) is 13.2 Å². The van der Waals surface area contributed by atoms with Crippen molar-refractivity contribution in [2.24, 2.45) is 0 Å². The maximum absolute atomic E-state index is 10.6. The van der Waals surface area contributed by atoms with E-state index in [1.165, 1.54) is 45.0 Å². The third kappa shape index (κ3) is 5.69. The van der Waals surface area contributed by atoms with Gasteiger partial charge < -0.3 is 15.3 Å². The van der Waals surface area contributed by atoms with Crippen LogP contribution in [-0.4, -0.2) is 36.4 Å². The number of piperidine rings is 1. The highest BCUT2D eigenvalue weighted by atomic mass is 32.1. The summed E-state index contributed by atoms with van der Waals surface area (Å²) < 4.78 is 33.1. The molecule has 0 bridgehead atoms. The zero-order valence-corrected chi connectivity index (χ0v) is 19.2. The highest BCUT2D eigenvalue weighted by molar-refractivity contribution is 7.17. The van der Waals surface area contributed by atoms with Crippen LogP contribution in [0.5, 0.6) is 0 Å². The summed E-state index contributed by atoms with van der Waals surface area (Å²) in [5, 5.41) is 16.9. The van der Waals surface area contributed by atoms with Gasteiger partial charge in [-0.1, -0.05) is 42.5 Å². The second-order valence-corrected chi connectivity index (χ2v) is 9.14. The van der Waals surface area contributed by atoms with Crippen LogP contribution in [0.15, 0.2) is 72.1 Å². The molecule has 4 nitrogen and oxygen atoms in total. The molecular formula is C26H25F3N2O2S. The molecule has 0 amide bonds. The van der Waals surface area contributed by atoms with E-state index in [4.69, 9.17) is 9.90 Å². The number of carbonyl (C=O) groups is 1. The minimum atomic E-state index is -5.08. The Kier molecular flexibility index (Phi) is 7.38. The molecule has 0 aliphatic carbocycles. The molecule has 2 heterocycles. The number of aliphatic carboxylic acids is 1. The highest BCUT2D eigenvalue weighted by Gasteiger charge is 2.38. The van der Waals surface area contributed by atoms with Gasteiger partial charge in [-0.3, -0.25) is 0 Å². The molecule has 34 heavy (non-hydrogen) atoms. The van der Waals surface area contributed by atoms with E-state index in [-0.39, 0.29) is 0 Å². The fraction of sp³-hybridized carbons (Fsp3) is 0.269. The minimum Gasteiger partial charge on any atom is -0.475 e. The van der Waals surface area contributed by atoms with E-state index in [2.05, 4.69) is 82.3 Å². The summed E-state index contributed by atoms with van der Waals surface area (Å²) in [4.78, 5) is 11.5. The normalized spacial score (nSPS) is 14.6. The molecule has 0 radical (unpaired) electrons. The number of alkyl halides is 3. The first-order valence-corrected chi connectivity index (χ1v) is 11.9. The molecule has 0 spiro atoms. The van der Waals surface area contributed by atoms with Crippen molar-refractivity contribution in [1.82, 2.24) is 5.32 Å². The van der Waals surface area contributed by atoms with Crippen LogP contribution in [0.4, 0.5) is 18.9 Å². The SMILES string of the molecule is O=C(O)C(F)(F)F.c1ccc2c(CN(c3ccc4sccc4c3)C3CCNCC3)cccc2c1. The fourth-order valence-electron chi connectivity index (χ4n) is 4.30. The largest absolute Gasteiger partial charge is 0.490 e. The van der Waals surface area contributed by atoms with Crippen molar-refractivity contribution in [2.75, 3.05) is 18.0 Å². The van der Waals surface area contributed by atoms with Crippen LogP contribution in [0.25, 0.3) is 20.9 Å². The maximum Gasteiger partial charge on any atom is 0.490 e. The summed E-state index contributed by atoms with van der Waals surface area (Å²) in [6.07, 6.45) is -2.68. The van der Waals surface area contributed by atoms with Crippen LogP contribution in [0, 0.1) is 0 Å². The number of nitrogens with one attached hydrogen (secondary N) is 1. The third-order valence-electron chi connectivity index (χ3n) is 5.98. The maximum atomic E-state index is 10.6. The van der Waals surface area contributed by atoms with Gasteiger partial charge in [-0.15, -0.1) is 11.3 Å². The Labute approximate surface area is 199 Å². The van der Waals surface area contributed by atoms with Gasteiger partial charge in [0.25, 0.3) is 0 Å². The summed E-state index contributed by atoms with van der Waals surface area (Å²) in [5.74, 6) is -2.76. The zero-order chi connectivity index (χ0) is 24.1. The van der Waals surface area contributed by atoms with E-state index in [0.29, 0.717) is 6.04 Å². The number of halogens is 3. The van der Waals surface area contributed by atoms with Gasteiger partial charge in [0.2, 0.25) is 0 Å². The zero-order valence-electron chi connectivity index (χ0n) is 18.4. The molecule has 4 aromatic rings. The number of thiophene rings is 1. The minimum absolute atomic E-state index is 0.585. The number of carboxylic acids is 1. The standard InChI is InChI=1S/C24H24N2S.C2HF3O2/c1-2-7-23-18(4-1)5-3-6-20(23)17-26(21-10-13-25-14-11-21)22-8-9-24-19(16-22)12-15-27-24;3-2(4,5)1(6)7/h1-9,12,15-16,21,25H,10-11,13-14,17H2;(H,6,7). The average molecular weight is 487 g/mol. The van der Waals surface area contributed by atoms with Crippen molar-refractivity contribution < 1.29 is 23.1 Å². The Morgan fingerprint density at radius 3 is 2.44 bits per heavy atom. The van der Waals surface area contributed by atoms with Crippen molar-refractivity contribution in [3.05, 3.63) is 77.7 Å². The van der Waals surface area contributed by atoms with Crippen LogP contribution in [0.3, 0.4) is 0 Å². The first-order valence-electron chi connectivity index (χ1n) is 11.0. The number of hydrogen-bond acceptors (Lipinski definition) is 4. The topological polar surface area (TPSA) is 52.6 Å². The Bertz CT molecular complexity index is 1260. The van der Waals surface area contributed by atoms with Crippen LogP contribution in [0.1, 0.15) is 18.4 Å². The van der Waals surface area contributed by atoms with Crippen LogP contribution in [0.2, 0.25) is 0 Å². The van der Waals surface area contributed by atoms with Gasteiger partial charge in [0, 0.05) is 23.0 Å². The lowest BCUT2D eigenvalue weighted by atomic mass is 10.00. The number of hydrogen-bond donors (Lipinski definition) is 2. The Morgan fingerprint density at radius 2 is 1.71 bits per heavy atom. The van der Waals surface area contributed by atoms with E-state index in [0.717, 1.165) is 19.6 Å². The lowest BCUT2D eigenvalue weighted by Crippen LogP contribution is -2.43. The molecule has 3 aromatic carbocycles. The predicted octanol–water partition coefficient (Wildman–Crippen LogP) is 6.45. The van der Waals surface area contributed by atoms with Crippen LogP contribution >= 0.6 is 11.3 Å². The molecule has 1 aliphatic heterocycles. The van der Waals surface area contributed by atoms with Gasteiger partial charge >= 0.3 is 12.1 Å². The van der Waals surface area contributed by atoms with E-state index in [9.17, 15) is 13.2 Å². The first-order chi connectivity index (χ1) is 16.3. The Balaban J connectivity index is 0.000000344. The first kappa shape index (κ1) is 24.0. The van der Waals surface area contributed by atoms with E-state index in [1.807, 2.05) is 11.3 Å². The molecule has 2 N–H and O–H groups in total. The molecule has 0 unspecified atom stereocenters. The van der Waals surface area contributed by atoms with Gasteiger partial charge in [0.05, 0.1) is 0 Å². The number of carboxylic acid groups (broad SMARTS) is 1. The number of fused-ring (bicyclic) bond motifs is 2. The summed E-state index contributed by atoms with van der Waals surface area (Å²) in [7, 11) is 0. The van der Waals surface area contributed by atoms with Gasteiger partial charge in [-0.25, -0.2) is 4.79 Å².